The van der Waals surface area contributed by atoms with E-state index in [9.17, 15) is 13.6 Å². The first-order chi connectivity index (χ1) is 16.1. The summed E-state index contributed by atoms with van der Waals surface area (Å²) in [4.78, 5) is 19.1. The van der Waals surface area contributed by atoms with Gasteiger partial charge in [0.1, 0.15) is 28.9 Å². The van der Waals surface area contributed by atoms with Crippen LogP contribution in [0.4, 0.5) is 8.78 Å². The average Bonchev–Trinajstić information content (AvgIpc) is 3.23. The summed E-state index contributed by atoms with van der Waals surface area (Å²) in [5.74, 6) is -0.267. The molecule has 0 unspecified atom stereocenters. The van der Waals surface area contributed by atoms with Crippen molar-refractivity contribution in [3.63, 3.8) is 0 Å². The summed E-state index contributed by atoms with van der Waals surface area (Å²) in [6.07, 6.45) is 1.07. The topological polar surface area (TPSA) is 51.7 Å². The molecule has 3 aromatic carbocycles. The molecular formula is C25H20F2N2O3S. The summed E-state index contributed by atoms with van der Waals surface area (Å²) >= 11 is 1.12. The molecule has 0 radical (unpaired) electrons. The number of para-hydroxylation sites is 2. The molecule has 1 amide bonds. The van der Waals surface area contributed by atoms with E-state index in [4.69, 9.17) is 9.47 Å². The lowest BCUT2D eigenvalue weighted by Crippen LogP contribution is -2.41. The second-order valence-corrected chi connectivity index (χ2v) is 8.73. The van der Waals surface area contributed by atoms with Crippen molar-refractivity contribution in [3.05, 3.63) is 83.9 Å². The van der Waals surface area contributed by atoms with E-state index in [1.165, 1.54) is 6.07 Å². The van der Waals surface area contributed by atoms with Crippen LogP contribution in [-0.2, 0) is 0 Å². The van der Waals surface area contributed by atoms with Gasteiger partial charge in [-0.3, -0.25) is 4.79 Å². The Morgan fingerprint density at radius 2 is 1.73 bits per heavy atom. The van der Waals surface area contributed by atoms with E-state index < -0.39 is 11.6 Å². The Morgan fingerprint density at radius 3 is 2.52 bits per heavy atom. The third-order valence-corrected chi connectivity index (χ3v) is 6.37. The van der Waals surface area contributed by atoms with Crippen molar-refractivity contribution in [1.29, 1.82) is 0 Å². The number of fused-ring (bicyclic) bond motifs is 1. The van der Waals surface area contributed by atoms with Crippen LogP contribution in [0.3, 0.4) is 0 Å². The number of halogens is 2. The first-order valence-corrected chi connectivity index (χ1v) is 11.4. The number of hydrogen-bond donors (Lipinski definition) is 0. The summed E-state index contributed by atoms with van der Waals surface area (Å²) in [7, 11) is 0. The molecule has 1 aromatic heterocycles. The van der Waals surface area contributed by atoms with Gasteiger partial charge in [0.25, 0.3) is 11.1 Å². The van der Waals surface area contributed by atoms with Crippen molar-refractivity contribution in [2.75, 3.05) is 13.1 Å². The predicted octanol–water partition coefficient (Wildman–Crippen LogP) is 6.05. The number of hydrogen-bond acceptors (Lipinski definition) is 5. The van der Waals surface area contributed by atoms with Gasteiger partial charge >= 0.3 is 0 Å². The molecule has 1 aliphatic rings. The Labute approximate surface area is 193 Å². The highest BCUT2D eigenvalue weighted by Gasteiger charge is 2.27. The van der Waals surface area contributed by atoms with Crippen molar-refractivity contribution in [3.8, 4) is 16.7 Å². The largest absolute Gasteiger partial charge is 0.467 e. The first kappa shape index (κ1) is 21.3. The molecule has 2 heterocycles. The molecular weight excluding hydrogens is 446 g/mol. The minimum atomic E-state index is -0.701. The molecule has 168 valence electrons. The monoisotopic (exact) mass is 466 g/mol. The van der Waals surface area contributed by atoms with Gasteiger partial charge in [-0.2, -0.15) is 4.98 Å². The fourth-order valence-electron chi connectivity index (χ4n) is 3.82. The second-order valence-electron chi connectivity index (χ2n) is 7.73. The van der Waals surface area contributed by atoms with E-state index >= 15 is 0 Å². The zero-order valence-corrected chi connectivity index (χ0v) is 18.4. The SMILES string of the molecule is O=C(c1ccccc1Oc1ccccc1)N1CCC(Oc2nc3c(F)cc(F)cc3s2)CC1. The maximum absolute atomic E-state index is 13.9. The predicted molar refractivity (Wildman–Crippen MR) is 122 cm³/mol. The lowest BCUT2D eigenvalue weighted by Gasteiger charge is -2.32. The lowest BCUT2D eigenvalue weighted by atomic mass is 10.1. The fraction of sp³-hybridized carbons (Fsp3) is 0.200. The van der Waals surface area contributed by atoms with Crippen LogP contribution in [-0.4, -0.2) is 35.0 Å². The third-order valence-electron chi connectivity index (χ3n) is 5.48. The summed E-state index contributed by atoms with van der Waals surface area (Å²) in [5.41, 5.74) is 0.614. The summed E-state index contributed by atoms with van der Waals surface area (Å²) in [6, 6.07) is 18.6. The van der Waals surface area contributed by atoms with Crippen molar-refractivity contribution in [2.24, 2.45) is 0 Å². The Balaban J connectivity index is 1.24. The quantitative estimate of drug-likeness (QED) is 0.359. The molecule has 4 aromatic rings. The Morgan fingerprint density at radius 1 is 1.00 bits per heavy atom. The minimum Gasteiger partial charge on any atom is -0.467 e. The van der Waals surface area contributed by atoms with Gasteiger partial charge < -0.3 is 14.4 Å². The molecule has 0 bridgehead atoms. The zero-order valence-electron chi connectivity index (χ0n) is 17.5. The molecule has 0 aliphatic carbocycles. The van der Waals surface area contributed by atoms with Crippen LogP contribution in [0.1, 0.15) is 23.2 Å². The molecule has 1 aliphatic heterocycles. The molecule has 33 heavy (non-hydrogen) atoms. The van der Waals surface area contributed by atoms with Crippen LogP contribution in [0.5, 0.6) is 16.7 Å². The number of aromatic nitrogens is 1. The van der Waals surface area contributed by atoms with Gasteiger partial charge in [-0.15, -0.1) is 0 Å². The van der Waals surface area contributed by atoms with E-state index in [2.05, 4.69) is 4.98 Å². The second kappa shape index (κ2) is 9.15. The number of likely N-dealkylation sites (tertiary alicyclic amines) is 1. The van der Waals surface area contributed by atoms with Crippen molar-refractivity contribution >= 4 is 27.5 Å². The Kier molecular flexibility index (Phi) is 5.92. The Bertz CT molecular complexity index is 1290. The van der Waals surface area contributed by atoms with Crippen LogP contribution in [0, 0.1) is 11.6 Å². The van der Waals surface area contributed by atoms with Gasteiger partial charge in [-0.05, 0) is 30.3 Å². The molecule has 1 saturated heterocycles. The third kappa shape index (κ3) is 4.66. The standard InChI is InChI=1S/C25H20F2N2O3S/c26-16-14-20(27)23-22(15-16)33-25(28-23)32-18-10-12-29(13-11-18)24(30)19-8-4-5-9-21(19)31-17-6-2-1-3-7-17/h1-9,14-15,18H,10-13H2. The molecule has 0 N–H and O–H groups in total. The van der Waals surface area contributed by atoms with Gasteiger partial charge in [-0.1, -0.05) is 41.7 Å². The molecule has 5 nitrogen and oxygen atoms in total. The minimum absolute atomic E-state index is 0.0995. The van der Waals surface area contributed by atoms with E-state index in [-0.39, 0.29) is 17.5 Å². The maximum Gasteiger partial charge on any atom is 0.274 e. The van der Waals surface area contributed by atoms with Gasteiger partial charge in [-0.25, -0.2) is 8.78 Å². The molecule has 0 saturated carbocycles. The Hall–Kier alpha value is -3.52. The van der Waals surface area contributed by atoms with E-state index in [0.717, 1.165) is 17.4 Å². The molecule has 5 rings (SSSR count). The van der Waals surface area contributed by atoms with Gasteiger partial charge in [0.2, 0.25) is 0 Å². The number of rotatable bonds is 5. The lowest BCUT2D eigenvalue weighted by molar-refractivity contribution is 0.0593. The summed E-state index contributed by atoms with van der Waals surface area (Å²) < 4.78 is 39.6. The number of benzene rings is 3. The highest BCUT2D eigenvalue weighted by atomic mass is 32.1. The number of piperidine rings is 1. The van der Waals surface area contributed by atoms with Crippen LogP contribution in [0.25, 0.3) is 10.2 Å². The van der Waals surface area contributed by atoms with Crippen molar-refractivity contribution in [1.82, 2.24) is 9.88 Å². The average molecular weight is 467 g/mol. The fourth-order valence-corrected chi connectivity index (χ4v) is 4.75. The molecule has 0 spiro atoms. The molecule has 0 atom stereocenters. The number of thiazole rings is 1. The number of ether oxygens (including phenoxy) is 2. The molecule has 8 heteroatoms. The van der Waals surface area contributed by atoms with Crippen LogP contribution in [0.15, 0.2) is 66.7 Å². The van der Waals surface area contributed by atoms with Crippen LogP contribution < -0.4 is 9.47 Å². The number of carbonyl (C=O) groups is 1. The number of nitrogens with zero attached hydrogens (tertiary/aromatic N) is 2. The highest BCUT2D eigenvalue weighted by molar-refractivity contribution is 7.20. The number of carbonyl (C=O) groups excluding carboxylic acids is 1. The summed E-state index contributed by atoms with van der Waals surface area (Å²) in [6.45, 7) is 1.02. The van der Waals surface area contributed by atoms with Gasteiger partial charge in [0.15, 0.2) is 5.82 Å². The zero-order chi connectivity index (χ0) is 22.8. The highest BCUT2D eigenvalue weighted by Crippen LogP contribution is 2.32. The first-order valence-electron chi connectivity index (χ1n) is 10.6. The summed E-state index contributed by atoms with van der Waals surface area (Å²) in [5, 5.41) is 0.306. The van der Waals surface area contributed by atoms with E-state index in [1.54, 1.807) is 17.0 Å². The molecule has 1 fully saturated rings. The number of amides is 1. The van der Waals surface area contributed by atoms with Crippen LogP contribution >= 0.6 is 11.3 Å². The van der Waals surface area contributed by atoms with Crippen LogP contribution in [0.2, 0.25) is 0 Å². The smallest absolute Gasteiger partial charge is 0.274 e. The maximum atomic E-state index is 13.9. The van der Waals surface area contributed by atoms with E-state index in [0.29, 0.717) is 52.9 Å². The van der Waals surface area contributed by atoms with Crippen molar-refractivity contribution in [2.45, 2.75) is 18.9 Å². The van der Waals surface area contributed by atoms with Gasteiger partial charge in [0, 0.05) is 32.0 Å². The van der Waals surface area contributed by atoms with Crippen molar-refractivity contribution < 1.29 is 23.0 Å². The van der Waals surface area contributed by atoms with E-state index in [1.807, 2.05) is 42.5 Å². The van der Waals surface area contributed by atoms with Gasteiger partial charge in [0.05, 0.1) is 10.3 Å². The normalized spacial score (nSPS) is 14.4.